The van der Waals surface area contributed by atoms with Crippen LogP contribution in [0.5, 0.6) is 5.75 Å². The summed E-state index contributed by atoms with van der Waals surface area (Å²) in [6.07, 6.45) is 0. The van der Waals surface area contributed by atoms with Gasteiger partial charge in [-0.15, -0.1) is 0 Å². The molecular formula is C15H14BrClO2. The van der Waals surface area contributed by atoms with E-state index in [2.05, 4.69) is 15.9 Å². The van der Waals surface area contributed by atoms with Crippen LogP contribution in [0.3, 0.4) is 0 Å². The summed E-state index contributed by atoms with van der Waals surface area (Å²) in [6.45, 7) is 1.73. The van der Waals surface area contributed by atoms with E-state index in [0.29, 0.717) is 16.3 Å². The number of rotatable bonds is 3. The number of aliphatic hydroxyl groups is 1. The molecule has 0 heterocycles. The van der Waals surface area contributed by atoms with E-state index in [-0.39, 0.29) is 0 Å². The number of methoxy groups -OCH3 is 1. The monoisotopic (exact) mass is 340 g/mol. The molecule has 0 saturated heterocycles. The zero-order valence-corrected chi connectivity index (χ0v) is 13.0. The van der Waals surface area contributed by atoms with Crippen molar-refractivity contribution >= 4 is 27.5 Å². The van der Waals surface area contributed by atoms with Crippen molar-refractivity contribution in [1.29, 1.82) is 0 Å². The van der Waals surface area contributed by atoms with Gasteiger partial charge in [0.15, 0.2) is 0 Å². The first-order chi connectivity index (χ1) is 8.95. The predicted molar refractivity (Wildman–Crippen MR) is 80.8 cm³/mol. The first kappa shape index (κ1) is 14.4. The van der Waals surface area contributed by atoms with Crippen molar-refractivity contribution in [2.45, 2.75) is 12.5 Å². The fourth-order valence-corrected chi connectivity index (χ4v) is 2.58. The Hall–Kier alpha value is -1.03. The fraction of sp³-hybridized carbons (Fsp3) is 0.200. The predicted octanol–water partition coefficient (Wildman–Crippen LogP) is 4.37. The zero-order chi connectivity index (χ0) is 14.0. The third-order valence-corrected chi connectivity index (χ3v) is 3.80. The highest BCUT2D eigenvalue weighted by atomic mass is 79.9. The molecular weight excluding hydrogens is 328 g/mol. The average molecular weight is 342 g/mol. The van der Waals surface area contributed by atoms with Crippen molar-refractivity contribution in [2.75, 3.05) is 7.11 Å². The summed E-state index contributed by atoms with van der Waals surface area (Å²) in [5.41, 5.74) is 0.225. The van der Waals surface area contributed by atoms with Crippen molar-refractivity contribution in [3.63, 3.8) is 0 Å². The van der Waals surface area contributed by atoms with Crippen LogP contribution in [0.25, 0.3) is 0 Å². The van der Waals surface area contributed by atoms with Crippen LogP contribution in [0.2, 0.25) is 5.02 Å². The molecule has 100 valence electrons. The molecule has 0 aliphatic rings. The molecule has 1 N–H and O–H groups in total. The van der Waals surface area contributed by atoms with E-state index < -0.39 is 5.60 Å². The molecule has 0 amide bonds. The minimum Gasteiger partial charge on any atom is -0.496 e. The van der Waals surface area contributed by atoms with Crippen LogP contribution in [0.4, 0.5) is 0 Å². The van der Waals surface area contributed by atoms with Gasteiger partial charge < -0.3 is 9.84 Å². The molecule has 2 nitrogen and oxygen atoms in total. The highest BCUT2D eigenvalue weighted by molar-refractivity contribution is 9.10. The number of halogens is 2. The topological polar surface area (TPSA) is 29.5 Å². The Balaban J connectivity index is 2.58. The van der Waals surface area contributed by atoms with Crippen LogP contribution in [0.1, 0.15) is 18.1 Å². The van der Waals surface area contributed by atoms with E-state index in [1.54, 1.807) is 32.2 Å². The maximum atomic E-state index is 10.9. The second kappa shape index (κ2) is 5.53. The number of ether oxygens (including phenoxy) is 1. The minimum absolute atomic E-state index is 0.561. The minimum atomic E-state index is -1.18. The molecule has 0 aliphatic carbocycles. The van der Waals surface area contributed by atoms with Crippen LogP contribution in [0.15, 0.2) is 46.9 Å². The standard InChI is InChI=1S/C15H14BrClO2/c1-15(18,10-4-3-5-11(16)8-10)13-9-12(17)6-7-14(13)19-2/h3-9,18H,1-2H3. The van der Waals surface area contributed by atoms with Crippen molar-refractivity contribution in [2.24, 2.45) is 0 Å². The normalized spacial score (nSPS) is 13.9. The third kappa shape index (κ3) is 2.94. The van der Waals surface area contributed by atoms with Gasteiger partial charge in [-0.2, -0.15) is 0 Å². The quantitative estimate of drug-likeness (QED) is 0.898. The Morgan fingerprint density at radius 1 is 1.21 bits per heavy atom. The van der Waals surface area contributed by atoms with Gasteiger partial charge in [-0.05, 0) is 42.8 Å². The van der Waals surface area contributed by atoms with Crippen LogP contribution >= 0.6 is 27.5 Å². The maximum absolute atomic E-state index is 10.9. The molecule has 0 spiro atoms. The van der Waals surface area contributed by atoms with Gasteiger partial charge in [0.1, 0.15) is 11.4 Å². The lowest BCUT2D eigenvalue weighted by atomic mass is 9.87. The van der Waals surface area contributed by atoms with Gasteiger partial charge in [0.05, 0.1) is 7.11 Å². The van der Waals surface area contributed by atoms with E-state index in [9.17, 15) is 5.11 Å². The highest BCUT2D eigenvalue weighted by Gasteiger charge is 2.29. The third-order valence-electron chi connectivity index (χ3n) is 3.07. The molecule has 2 aromatic carbocycles. The van der Waals surface area contributed by atoms with E-state index in [1.807, 2.05) is 24.3 Å². The first-order valence-corrected chi connectivity index (χ1v) is 6.94. The van der Waals surface area contributed by atoms with Gasteiger partial charge in [0.2, 0.25) is 0 Å². The lowest BCUT2D eigenvalue weighted by molar-refractivity contribution is 0.0989. The lowest BCUT2D eigenvalue weighted by Crippen LogP contribution is -2.23. The highest BCUT2D eigenvalue weighted by Crippen LogP contribution is 2.37. The van der Waals surface area contributed by atoms with Crippen LogP contribution in [-0.2, 0) is 5.60 Å². The van der Waals surface area contributed by atoms with Crippen molar-refractivity contribution in [3.8, 4) is 5.75 Å². The van der Waals surface area contributed by atoms with Gasteiger partial charge in [-0.1, -0.05) is 39.7 Å². The molecule has 0 radical (unpaired) electrons. The molecule has 0 aromatic heterocycles. The molecule has 0 bridgehead atoms. The summed E-state index contributed by atoms with van der Waals surface area (Å²) < 4.78 is 6.22. The second-order valence-electron chi connectivity index (χ2n) is 4.43. The Kier molecular flexibility index (Phi) is 4.19. The van der Waals surface area contributed by atoms with Crippen LogP contribution in [0, 0.1) is 0 Å². The summed E-state index contributed by atoms with van der Waals surface area (Å²) in [4.78, 5) is 0. The Morgan fingerprint density at radius 2 is 1.95 bits per heavy atom. The smallest absolute Gasteiger partial charge is 0.125 e. The van der Waals surface area contributed by atoms with Gasteiger partial charge in [0, 0.05) is 15.1 Å². The molecule has 0 saturated carbocycles. The number of hydrogen-bond acceptors (Lipinski definition) is 2. The molecule has 0 fully saturated rings. The van der Waals surface area contributed by atoms with E-state index >= 15 is 0 Å². The SMILES string of the molecule is COc1ccc(Cl)cc1C(C)(O)c1cccc(Br)c1. The molecule has 2 rings (SSSR count). The molecule has 4 heteroatoms. The summed E-state index contributed by atoms with van der Waals surface area (Å²) in [5, 5.41) is 11.4. The molecule has 19 heavy (non-hydrogen) atoms. The molecule has 1 unspecified atom stereocenters. The fourth-order valence-electron chi connectivity index (χ4n) is 2.01. The first-order valence-electron chi connectivity index (χ1n) is 5.77. The average Bonchev–Trinajstić information content (AvgIpc) is 2.38. The summed E-state index contributed by atoms with van der Waals surface area (Å²) >= 11 is 9.43. The lowest BCUT2D eigenvalue weighted by Gasteiger charge is -2.26. The Labute approximate surface area is 126 Å². The van der Waals surface area contributed by atoms with Gasteiger partial charge >= 0.3 is 0 Å². The Bertz CT molecular complexity index is 596. The van der Waals surface area contributed by atoms with Crippen LogP contribution in [-0.4, -0.2) is 12.2 Å². The van der Waals surface area contributed by atoms with Crippen molar-refractivity contribution in [1.82, 2.24) is 0 Å². The van der Waals surface area contributed by atoms with E-state index in [4.69, 9.17) is 16.3 Å². The second-order valence-corrected chi connectivity index (χ2v) is 5.78. The zero-order valence-electron chi connectivity index (χ0n) is 10.7. The molecule has 2 aromatic rings. The molecule has 1 atom stereocenters. The summed E-state index contributed by atoms with van der Waals surface area (Å²) in [6, 6.07) is 12.7. The van der Waals surface area contributed by atoms with Crippen molar-refractivity contribution in [3.05, 3.63) is 63.1 Å². The summed E-state index contributed by atoms with van der Waals surface area (Å²) in [5.74, 6) is 0.606. The van der Waals surface area contributed by atoms with Gasteiger partial charge in [-0.25, -0.2) is 0 Å². The van der Waals surface area contributed by atoms with E-state index in [0.717, 1.165) is 10.0 Å². The summed E-state index contributed by atoms with van der Waals surface area (Å²) in [7, 11) is 1.57. The number of benzene rings is 2. The van der Waals surface area contributed by atoms with E-state index in [1.165, 1.54) is 0 Å². The van der Waals surface area contributed by atoms with Crippen LogP contribution < -0.4 is 4.74 Å². The van der Waals surface area contributed by atoms with Gasteiger partial charge in [-0.3, -0.25) is 0 Å². The Morgan fingerprint density at radius 3 is 2.58 bits per heavy atom. The maximum Gasteiger partial charge on any atom is 0.125 e. The van der Waals surface area contributed by atoms with Crippen molar-refractivity contribution < 1.29 is 9.84 Å². The number of hydrogen-bond donors (Lipinski definition) is 1. The largest absolute Gasteiger partial charge is 0.496 e. The van der Waals surface area contributed by atoms with Gasteiger partial charge in [0.25, 0.3) is 0 Å². The molecule has 0 aliphatic heterocycles.